The van der Waals surface area contributed by atoms with Gasteiger partial charge >= 0.3 is 0 Å². The molecule has 0 aromatic heterocycles. The second-order valence-corrected chi connectivity index (χ2v) is 5.41. The Balaban J connectivity index is 1.92. The molecule has 116 valence electrons. The van der Waals surface area contributed by atoms with Gasteiger partial charge in [-0.15, -0.1) is 0 Å². The molecule has 5 heteroatoms. The first-order valence-electron chi connectivity index (χ1n) is 7.67. The fraction of sp³-hybridized carbons (Fsp3) is 0.562. The quantitative estimate of drug-likeness (QED) is 0.577. The van der Waals surface area contributed by atoms with Crippen LogP contribution in [0.5, 0.6) is 0 Å². The minimum absolute atomic E-state index is 0.258. The maximum absolute atomic E-state index is 12.9. The van der Waals surface area contributed by atoms with Gasteiger partial charge in [0.05, 0.1) is 12.6 Å². The van der Waals surface area contributed by atoms with Gasteiger partial charge in [0.1, 0.15) is 5.82 Å². The summed E-state index contributed by atoms with van der Waals surface area (Å²) < 4.78 is 12.9. The van der Waals surface area contributed by atoms with Gasteiger partial charge in [0, 0.05) is 12.6 Å². The standard InChI is InChI=1S/C16H24FN3O/c1-2-18-16(20-14-5-3-4-6-14)19-11-15(21)12-7-9-13(17)10-8-12/h7-10,14-15,21H,2-6,11H2,1H3,(H2,18,19,20). The molecule has 1 unspecified atom stereocenters. The molecule has 0 radical (unpaired) electrons. The molecule has 1 atom stereocenters. The minimum Gasteiger partial charge on any atom is -0.386 e. The molecule has 21 heavy (non-hydrogen) atoms. The van der Waals surface area contributed by atoms with Crippen molar-refractivity contribution in [2.75, 3.05) is 13.1 Å². The van der Waals surface area contributed by atoms with E-state index in [2.05, 4.69) is 15.6 Å². The molecule has 1 aromatic carbocycles. The zero-order valence-corrected chi connectivity index (χ0v) is 12.5. The van der Waals surface area contributed by atoms with E-state index in [0.717, 1.165) is 12.5 Å². The number of guanidine groups is 1. The van der Waals surface area contributed by atoms with Gasteiger partial charge in [-0.3, -0.25) is 4.99 Å². The predicted molar refractivity (Wildman–Crippen MR) is 82.7 cm³/mol. The Hall–Kier alpha value is -1.62. The van der Waals surface area contributed by atoms with Crippen LogP contribution in [0.15, 0.2) is 29.3 Å². The molecule has 0 spiro atoms. The molecule has 0 bridgehead atoms. The minimum atomic E-state index is -0.718. The number of hydrogen-bond donors (Lipinski definition) is 3. The highest BCUT2D eigenvalue weighted by molar-refractivity contribution is 5.80. The van der Waals surface area contributed by atoms with Crippen LogP contribution >= 0.6 is 0 Å². The lowest BCUT2D eigenvalue weighted by Crippen LogP contribution is -2.42. The summed E-state index contributed by atoms with van der Waals surface area (Å²) in [7, 11) is 0. The average molecular weight is 293 g/mol. The zero-order valence-electron chi connectivity index (χ0n) is 12.5. The summed E-state index contributed by atoms with van der Waals surface area (Å²) in [6, 6.07) is 6.36. The molecular formula is C16H24FN3O. The molecular weight excluding hydrogens is 269 g/mol. The second-order valence-electron chi connectivity index (χ2n) is 5.41. The molecule has 1 aliphatic carbocycles. The van der Waals surface area contributed by atoms with Crippen molar-refractivity contribution in [3.05, 3.63) is 35.6 Å². The number of aliphatic hydroxyl groups excluding tert-OH is 1. The lowest BCUT2D eigenvalue weighted by atomic mass is 10.1. The van der Waals surface area contributed by atoms with Crippen LogP contribution in [0.3, 0.4) is 0 Å². The molecule has 1 aliphatic rings. The van der Waals surface area contributed by atoms with Crippen molar-refractivity contribution in [2.24, 2.45) is 4.99 Å². The molecule has 0 heterocycles. The molecule has 0 saturated heterocycles. The highest BCUT2D eigenvalue weighted by atomic mass is 19.1. The van der Waals surface area contributed by atoms with Crippen LogP contribution in [0.4, 0.5) is 4.39 Å². The van der Waals surface area contributed by atoms with Crippen LogP contribution in [-0.4, -0.2) is 30.2 Å². The fourth-order valence-electron chi connectivity index (χ4n) is 2.55. The predicted octanol–water partition coefficient (Wildman–Crippen LogP) is 2.36. The molecule has 1 fully saturated rings. The van der Waals surface area contributed by atoms with Crippen molar-refractivity contribution in [3.63, 3.8) is 0 Å². The van der Waals surface area contributed by atoms with Gasteiger partial charge < -0.3 is 15.7 Å². The third-order valence-corrected chi connectivity index (χ3v) is 3.72. The normalized spacial score (nSPS) is 17.8. The second kappa shape index (κ2) is 7.98. The average Bonchev–Trinajstić information content (AvgIpc) is 2.98. The summed E-state index contributed by atoms with van der Waals surface area (Å²) in [4.78, 5) is 4.43. The summed E-state index contributed by atoms with van der Waals surface area (Å²) in [5, 5.41) is 16.7. The molecule has 1 aromatic rings. The van der Waals surface area contributed by atoms with Crippen LogP contribution in [0.25, 0.3) is 0 Å². The summed E-state index contributed by atoms with van der Waals surface area (Å²) in [5.74, 6) is 0.441. The van der Waals surface area contributed by atoms with E-state index in [-0.39, 0.29) is 12.4 Å². The zero-order chi connectivity index (χ0) is 15.1. The van der Waals surface area contributed by atoms with Gasteiger partial charge in [0.2, 0.25) is 0 Å². The summed E-state index contributed by atoms with van der Waals surface area (Å²) in [6.45, 7) is 3.06. The fourth-order valence-corrected chi connectivity index (χ4v) is 2.55. The van der Waals surface area contributed by atoms with Crippen LogP contribution in [0, 0.1) is 5.82 Å². The van der Waals surface area contributed by atoms with Crippen molar-refractivity contribution in [1.82, 2.24) is 10.6 Å². The van der Waals surface area contributed by atoms with E-state index in [1.807, 2.05) is 6.92 Å². The van der Waals surface area contributed by atoms with E-state index >= 15 is 0 Å². The lowest BCUT2D eigenvalue weighted by Gasteiger charge is -2.17. The van der Waals surface area contributed by atoms with E-state index in [1.54, 1.807) is 12.1 Å². The number of rotatable bonds is 5. The maximum Gasteiger partial charge on any atom is 0.191 e. The number of halogens is 1. The van der Waals surface area contributed by atoms with Crippen molar-refractivity contribution in [3.8, 4) is 0 Å². The number of aliphatic imine (C=N–C) groups is 1. The van der Waals surface area contributed by atoms with Crippen LogP contribution in [0.2, 0.25) is 0 Å². The first kappa shape index (κ1) is 15.8. The smallest absolute Gasteiger partial charge is 0.191 e. The number of hydrogen-bond acceptors (Lipinski definition) is 2. The Bertz CT molecular complexity index is 455. The van der Waals surface area contributed by atoms with E-state index < -0.39 is 6.10 Å². The third kappa shape index (κ3) is 5.01. The number of nitrogens with zero attached hydrogens (tertiary/aromatic N) is 1. The first-order chi connectivity index (χ1) is 10.2. The lowest BCUT2D eigenvalue weighted by molar-refractivity contribution is 0.187. The SMILES string of the molecule is CCNC(=NCC(O)c1ccc(F)cc1)NC1CCCC1. The van der Waals surface area contributed by atoms with Crippen molar-refractivity contribution in [1.29, 1.82) is 0 Å². The largest absolute Gasteiger partial charge is 0.386 e. The van der Waals surface area contributed by atoms with Gasteiger partial charge in [-0.1, -0.05) is 25.0 Å². The van der Waals surface area contributed by atoms with Gasteiger partial charge in [-0.2, -0.15) is 0 Å². The van der Waals surface area contributed by atoms with Crippen LogP contribution in [-0.2, 0) is 0 Å². The summed E-state index contributed by atoms with van der Waals surface area (Å²) >= 11 is 0. The number of aliphatic hydroxyl groups is 1. The molecule has 0 amide bonds. The summed E-state index contributed by atoms with van der Waals surface area (Å²) in [6.07, 6.45) is 4.14. The molecule has 4 nitrogen and oxygen atoms in total. The Morgan fingerprint density at radius 3 is 2.62 bits per heavy atom. The maximum atomic E-state index is 12.9. The van der Waals surface area contributed by atoms with Crippen molar-refractivity contribution in [2.45, 2.75) is 44.8 Å². The van der Waals surface area contributed by atoms with Crippen LogP contribution in [0.1, 0.15) is 44.3 Å². The van der Waals surface area contributed by atoms with Crippen LogP contribution < -0.4 is 10.6 Å². The molecule has 2 rings (SSSR count). The summed E-state index contributed by atoms with van der Waals surface area (Å²) in [5.41, 5.74) is 0.678. The molecule has 0 aliphatic heterocycles. The Morgan fingerprint density at radius 2 is 2.00 bits per heavy atom. The number of benzene rings is 1. The molecule has 1 saturated carbocycles. The van der Waals surface area contributed by atoms with E-state index in [4.69, 9.17) is 0 Å². The third-order valence-electron chi connectivity index (χ3n) is 3.72. The Kier molecular flexibility index (Phi) is 5.99. The van der Waals surface area contributed by atoms with Crippen molar-refractivity contribution < 1.29 is 9.50 Å². The first-order valence-corrected chi connectivity index (χ1v) is 7.67. The van der Waals surface area contributed by atoms with Gasteiger partial charge in [-0.05, 0) is 37.5 Å². The highest BCUT2D eigenvalue weighted by Crippen LogP contribution is 2.17. The monoisotopic (exact) mass is 293 g/mol. The highest BCUT2D eigenvalue weighted by Gasteiger charge is 2.16. The van der Waals surface area contributed by atoms with Crippen molar-refractivity contribution >= 4 is 5.96 Å². The number of nitrogens with one attached hydrogen (secondary N) is 2. The van der Waals surface area contributed by atoms with E-state index in [1.165, 1.54) is 37.8 Å². The van der Waals surface area contributed by atoms with Gasteiger partial charge in [0.15, 0.2) is 5.96 Å². The Labute approximate surface area is 125 Å². The topological polar surface area (TPSA) is 56.7 Å². The van der Waals surface area contributed by atoms with E-state index in [9.17, 15) is 9.50 Å². The van der Waals surface area contributed by atoms with Gasteiger partial charge in [0.25, 0.3) is 0 Å². The van der Waals surface area contributed by atoms with E-state index in [0.29, 0.717) is 11.6 Å². The Morgan fingerprint density at radius 1 is 1.33 bits per heavy atom. The van der Waals surface area contributed by atoms with Gasteiger partial charge in [-0.25, -0.2) is 4.39 Å². The molecule has 3 N–H and O–H groups in total.